The van der Waals surface area contributed by atoms with Crippen molar-refractivity contribution in [3.05, 3.63) is 80.5 Å². The summed E-state index contributed by atoms with van der Waals surface area (Å²) in [5.74, 6) is 0.340. The highest BCUT2D eigenvalue weighted by Gasteiger charge is 2.30. The number of hydrogen-bond donors (Lipinski definition) is 1. The fourth-order valence-corrected chi connectivity index (χ4v) is 3.64. The quantitative estimate of drug-likeness (QED) is 0.511. The fraction of sp³-hybridized carbons (Fsp3) is 0.227. The fourth-order valence-electron chi connectivity index (χ4n) is 2.85. The minimum Gasteiger partial charge on any atom is -0.489 e. The molecule has 0 spiro atoms. The number of hydrogen-bond acceptors (Lipinski definition) is 3. The molecular weight excluding hydrogens is 399 g/mol. The number of ether oxygens (including phenoxy) is 1. The van der Waals surface area contributed by atoms with Gasteiger partial charge in [-0.3, -0.25) is 4.79 Å². The van der Waals surface area contributed by atoms with Gasteiger partial charge in [-0.1, -0.05) is 12.1 Å². The normalized spacial score (nSPS) is 11.4. The van der Waals surface area contributed by atoms with Crippen molar-refractivity contribution in [2.24, 2.45) is 0 Å². The second kappa shape index (κ2) is 8.29. The molecule has 1 heterocycles. The molecule has 0 saturated carbocycles. The molecule has 0 aliphatic heterocycles. The standard InChI is InChI=1S/C22H20F3NO2S/c1-13-7-14(2)15(3)19(8-13)28-11-16-9-20(29-12-16)21(27)26-18-6-4-5-17(10-18)22(23,24)25/h4-10,12H,11H2,1-3H3,(H,26,27). The van der Waals surface area contributed by atoms with Gasteiger partial charge in [0.15, 0.2) is 0 Å². The highest BCUT2D eigenvalue weighted by Crippen LogP contribution is 2.31. The third-order valence-electron chi connectivity index (χ3n) is 4.48. The second-order valence-electron chi connectivity index (χ2n) is 6.85. The maximum atomic E-state index is 12.8. The maximum absolute atomic E-state index is 12.8. The molecule has 0 bridgehead atoms. The Kier molecular flexibility index (Phi) is 5.98. The number of carbonyl (C=O) groups excluding carboxylic acids is 1. The van der Waals surface area contributed by atoms with E-state index in [9.17, 15) is 18.0 Å². The maximum Gasteiger partial charge on any atom is 0.416 e. The van der Waals surface area contributed by atoms with Gasteiger partial charge in [-0.25, -0.2) is 0 Å². The molecule has 152 valence electrons. The van der Waals surface area contributed by atoms with Gasteiger partial charge in [-0.15, -0.1) is 11.3 Å². The van der Waals surface area contributed by atoms with E-state index in [4.69, 9.17) is 4.74 Å². The molecule has 0 unspecified atom stereocenters. The summed E-state index contributed by atoms with van der Waals surface area (Å²) in [6.45, 7) is 6.32. The van der Waals surface area contributed by atoms with E-state index >= 15 is 0 Å². The average molecular weight is 419 g/mol. The summed E-state index contributed by atoms with van der Waals surface area (Å²) in [4.78, 5) is 12.8. The van der Waals surface area contributed by atoms with Crippen LogP contribution in [0.1, 0.15) is 37.5 Å². The number of alkyl halides is 3. The molecule has 1 N–H and O–H groups in total. The van der Waals surface area contributed by atoms with Crippen LogP contribution >= 0.6 is 11.3 Å². The van der Waals surface area contributed by atoms with E-state index in [1.54, 1.807) is 11.4 Å². The van der Waals surface area contributed by atoms with Crippen LogP contribution in [-0.4, -0.2) is 5.91 Å². The summed E-state index contributed by atoms with van der Waals surface area (Å²) in [5.41, 5.74) is 3.43. The Morgan fingerprint density at radius 3 is 2.59 bits per heavy atom. The van der Waals surface area contributed by atoms with Crippen LogP contribution in [-0.2, 0) is 12.8 Å². The summed E-state index contributed by atoms with van der Waals surface area (Å²) >= 11 is 1.22. The Hall–Kier alpha value is -2.80. The number of rotatable bonds is 5. The zero-order chi connectivity index (χ0) is 21.2. The van der Waals surface area contributed by atoms with E-state index in [0.29, 0.717) is 11.5 Å². The molecule has 3 rings (SSSR count). The molecule has 0 saturated heterocycles. The molecule has 0 aliphatic carbocycles. The van der Waals surface area contributed by atoms with Crippen LogP contribution < -0.4 is 10.1 Å². The van der Waals surface area contributed by atoms with Crippen molar-refractivity contribution in [2.75, 3.05) is 5.32 Å². The Morgan fingerprint density at radius 2 is 1.86 bits per heavy atom. The van der Waals surface area contributed by atoms with E-state index < -0.39 is 17.6 Å². The number of nitrogens with one attached hydrogen (secondary N) is 1. The van der Waals surface area contributed by atoms with Crippen LogP contribution in [0.3, 0.4) is 0 Å². The number of halogens is 3. The van der Waals surface area contributed by atoms with Gasteiger partial charge in [0.1, 0.15) is 12.4 Å². The van der Waals surface area contributed by atoms with E-state index in [0.717, 1.165) is 40.1 Å². The summed E-state index contributed by atoms with van der Waals surface area (Å²) in [5, 5.41) is 4.32. The van der Waals surface area contributed by atoms with Crippen LogP contribution in [0.4, 0.5) is 18.9 Å². The van der Waals surface area contributed by atoms with Gasteiger partial charge in [0.05, 0.1) is 10.4 Å². The van der Waals surface area contributed by atoms with Crippen LogP contribution in [0.5, 0.6) is 5.75 Å². The molecule has 1 amide bonds. The summed E-state index contributed by atoms with van der Waals surface area (Å²) in [7, 11) is 0. The lowest BCUT2D eigenvalue weighted by Crippen LogP contribution is -2.12. The van der Waals surface area contributed by atoms with Gasteiger partial charge in [-0.2, -0.15) is 13.2 Å². The van der Waals surface area contributed by atoms with E-state index in [2.05, 4.69) is 11.4 Å². The van der Waals surface area contributed by atoms with Gasteiger partial charge in [0.2, 0.25) is 0 Å². The van der Waals surface area contributed by atoms with Crippen LogP contribution in [0.15, 0.2) is 47.8 Å². The monoisotopic (exact) mass is 419 g/mol. The van der Waals surface area contributed by atoms with Crippen LogP contribution in [0.25, 0.3) is 0 Å². The van der Waals surface area contributed by atoms with E-state index in [-0.39, 0.29) is 5.69 Å². The van der Waals surface area contributed by atoms with Crippen molar-refractivity contribution in [3.8, 4) is 5.75 Å². The molecule has 3 nitrogen and oxygen atoms in total. The van der Waals surface area contributed by atoms with Crippen molar-refractivity contribution in [3.63, 3.8) is 0 Å². The van der Waals surface area contributed by atoms with Gasteiger partial charge in [0, 0.05) is 11.3 Å². The first-order valence-corrected chi connectivity index (χ1v) is 9.78. The highest BCUT2D eigenvalue weighted by molar-refractivity contribution is 7.12. The van der Waals surface area contributed by atoms with Gasteiger partial charge in [0.25, 0.3) is 5.91 Å². The predicted octanol–water partition coefficient (Wildman–Crippen LogP) is 6.52. The molecule has 29 heavy (non-hydrogen) atoms. The molecule has 3 aromatic rings. The third kappa shape index (κ3) is 5.17. The molecule has 0 radical (unpaired) electrons. The lowest BCUT2D eigenvalue weighted by atomic mass is 10.1. The van der Waals surface area contributed by atoms with Crippen LogP contribution in [0.2, 0.25) is 0 Å². The minimum atomic E-state index is -4.46. The molecular formula is C22H20F3NO2S. The lowest BCUT2D eigenvalue weighted by Gasteiger charge is -2.11. The smallest absolute Gasteiger partial charge is 0.416 e. The third-order valence-corrected chi connectivity index (χ3v) is 5.46. The summed E-state index contributed by atoms with van der Waals surface area (Å²) in [6, 6.07) is 10.3. The number of thiophene rings is 1. The Morgan fingerprint density at radius 1 is 1.10 bits per heavy atom. The molecule has 0 atom stereocenters. The first-order chi connectivity index (χ1) is 13.6. The number of carbonyl (C=O) groups is 1. The predicted molar refractivity (Wildman–Crippen MR) is 109 cm³/mol. The number of anilines is 1. The average Bonchev–Trinajstić information content (AvgIpc) is 3.12. The van der Waals surface area contributed by atoms with E-state index in [1.165, 1.54) is 23.5 Å². The largest absolute Gasteiger partial charge is 0.489 e. The number of amides is 1. The number of benzene rings is 2. The zero-order valence-electron chi connectivity index (χ0n) is 16.2. The first-order valence-electron chi connectivity index (χ1n) is 8.90. The Balaban J connectivity index is 1.66. The molecule has 2 aromatic carbocycles. The Bertz CT molecular complexity index is 1040. The van der Waals surface area contributed by atoms with Crippen molar-refractivity contribution in [1.29, 1.82) is 0 Å². The molecule has 0 aliphatic rings. The number of aryl methyl sites for hydroxylation is 2. The lowest BCUT2D eigenvalue weighted by molar-refractivity contribution is -0.137. The van der Waals surface area contributed by atoms with Crippen molar-refractivity contribution in [1.82, 2.24) is 0 Å². The highest BCUT2D eigenvalue weighted by atomic mass is 32.1. The SMILES string of the molecule is Cc1cc(C)c(C)c(OCc2csc(C(=O)Nc3cccc(C(F)(F)F)c3)c2)c1. The molecule has 0 fully saturated rings. The van der Waals surface area contributed by atoms with Gasteiger partial charge < -0.3 is 10.1 Å². The van der Waals surface area contributed by atoms with Crippen molar-refractivity contribution in [2.45, 2.75) is 33.6 Å². The second-order valence-corrected chi connectivity index (χ2v) is 7.76. The van der Waals surface area contributed by atoms with Gasteiger partial charge in [-0.05, 0) is 73.2 Å². The van der Waals surface area contributed by atoms with Crippen molar-refractivity contribution < 1.29 is 22.7 Å². The summed E-state index contributed by atoms with van der Waals surface area (Å²) < 4.78 is 44.3. The van der Waals surface area contributed by atoms with E-state index in [1.807, 2.05) is 26.8 Å². The first kappa shape index (κ1) is 20.9. The topological polar surface area (TPSA) is 38.3 Å². The minimum absolute atomic E-state index is 0.0990. The molecule has 1 aromatic heterocycles. The van der Waals surface area contributed by atoms with Crippen molar-refractivity contribution >= 4 is 22.9 Å². The zero-order valence-corrected chi connectivity index (χ0v) is 17.0. The Labute approximate surface area is 171 Å². The molecule has 7 heteroatoms. The van der Waals surface area contributed by atoms with Crippen LogP contribution in [0, 0.1) is 20.8 Å². The van der Waals surface area contributed by atoms with Gasteiger partial charge >= 0.3 is 6.18 Å². The summed E-state index contributed by atoms with van der Waals surface area (Å²) in [6.07, 6.45) is -4.46.